The van der Waals surface area contributed by atoms with Crippen LogP contribution in [0.15, 0.2) is 42.6 Å². The van der Waals surface area contributed by atoms with Crippen molar-refractivity contribution >= 4 is 5.82 Å². The number of aromatic nitrogens is 1. The highest BCUT2D eigenvalue weighted by molar-refractivity contribution is 5.41. The van der Waals surface area contributed by atoms with Crippen molar-refractivity contribution in [2.75, 3.05) is 31.7 Å². The van der Waals surface area contributed by atoms with Crippen molar-refractivity contribution in [1.82, 2.24) is 4.98 Å². The Labute approximate surface area is 130 Å². The highest BCUT2D eigenvalue weighted by atomic mass is 16.5. The number of nitrogens with zero attached hydrogens (tertiary/aromatic N) is 2. The predicted molar refractivity (Wildman–Crippen MR) is 86.2 cm³/mol. The number of methoxy groups -OCH3 is 1. The summed E-state index contributed by atoms with van der Waals surface area (Å²) < 4.78 is 10.5. The summed E-state index contributed by atoms with van der Waals surface area (Å²) in [6.45, 7) is 2.17. The first-order chi connectivity index (χ1) is 10.7. The van der Waals surface area contributed by atoms with Gasteiger partial charge in [-0.2, -0.15) is 0 Å². The van der Waals surface area contributed by atoms with E-state index in [-0.39, 0.29) is 6.23 Å². The average Bonchev–Trinajstić information content (AvgIpc) is 2.56. The van der Waals surface area contributed by atoms with Gasteiger partial charge in [0.1, 0.15) is 17.8 Å². The second-order valence-electron chi connectivity index (χ2n) is 5.40. The second-order valence-corrected chi connectivity index (χ2v) is 5.40. The molecule has 0 bridgehead atoms. The molecule has 1 atom stereocenters. The molecule has 116 valence electrons. The molecule has 1 fully saturated rings. The Hall–Kier alpha value is -2.11. The third kappa shape index (κ3) is 3.55. The summed E-state index contributed by atoms with van der Waals surface area (Å²) in [6.07, 6.45) is 2.56. The quantitative estimate of drug-likeness (QED) is 0.933. The molecule has 3 rings (SSSR count). The molecule has 1 aromatic heterocycles. The van der Waals surface area contributed by atoms with Crippen molar-refractivity contribution in [2.24, 2.45) is 5.73 Å². The van der Waals surface area contributed by atoms with Crippen molar-refractivity contribution in [3.05, 3.63) is 53.7 Å². The van der Waals surface area contributed by atoms with Gasteiger partial charge >= 0.3 is 0 Å². The van der Waals surface area contributed by atoms with Crippen molar-refractivity contribution < 1.29 is 9.47 Å². The average molecular weight is 299 g/mol. The van der Waals surface area contributed by atoms with Gasteiger partial charge in [0.25, 0.3) is 0 Å². The largest absolute Gasteiger partial charge is 0.497 e. The van der Waals surface area contributed by atoms with Crippen LogP contribution in [0.5, 0.6) is 5.75 Å². The molecule has 5 nitrogen and oxygen atoms in total. The molecule has 2 N–H and O–H groups in total. The smallest absolute Gasteiger partial charge is 0.128 e. The summed E-state index contributed by atoms with van der Waals surface area (Å²) in [4.78, 5) is 6.71. The van der Waals surface area contributed by atoms with Crippen LogP contribution in [0.25, 0.3) is 0 Å². The number of pyridine rings is 1. The molecule has 0 aliphatic carbocycles. The van der Waals surface area contributed by atoms with Crippen LogP contribution in [0.4, 0.5) is 5.82 Å². The topological polar surface area (TPSA) is 60.6 Å². The number of benzene rings is 1. The molecular weight excluding hydrogens is 278 g/mol. The fraction of sp³-hybridized carbons (Fsp3) is 0.353. The molecule has 1 saturated heterocycles. The van der Waals surface area contributed by atoms with Crippen molar-refractivity contribution in [3.63, 3.8) is 0 Å². The molecule has 0 spiro atoms. The van der Waals surface area contributed by atoms with E-state index in [2.05, 4.69) is 34.1 Å². The third-order valence-corrected chi connectivity index (χ3v) is 3.79. The Balaban J connectivity index is 1.65. The van der Waals surface area contributed by atoms with E-state index in [9.17, 15) is 0 Å². The normalized spacial score (nSPS) is 18.3. The maximum absolute atomic E-state index is 5.82. The molecule has 0 radical (unpaired) electrons. The highest BCUT2D eigenvalue weighted by Gasteiger charge is 2.17. The fourth-order valence-electron chi connectivity index (χ4n) is 2.57. The number of morpholine rings is 1. The zero-order valence-corrected chi connectivity index (χ0v) is 12.7. The van der Waals surface area contributed by atoms with E-state index in [0.717, 1.165) is 24.5 Å². The Kier molecular flexibility index (Phi) is 4.56. The first kappa shape index (κ1) is 14.8. The molecule has 1 aliphatic heterocycles. The summed E-state index contributed by atoms with van der Waals surface area (Å²) in [5.41, 5.74) is 8.24. The monoisotopic (exact) mass is 299 g/mol. The van der Waals surface area contributed by atoms with Crippen molar-refractivity contribution in [3.8, 4) is 5.75 Å². The minimum Gasteiger partial charge on any atom is -0.497 e. The Bertz CT molecular complexity index is 598. The minimum absolute atomic E-state index is 0.227. The van der Waals surface area contributed by atoms with E-state index in [1.54, 1.807) is 7.11 Å². The molecule has 0 amide bonds. The first-order valence-corrected chi connectivity index (χ1v) is 7.44. The second kappa shape index (κ2) is 6.77. The van der Waals surface area contributed by atoms with Crippen LogP contribution in [0.3, 0.4) is 0 Å². The fourth-order valence-corrected chi connectivity index (χ4v) is 2.57. The van der Waals surface area contributed by atoms with E-state index in [4.69, 9.17) is 15.2 Å². The Morgan fingerprint density at radius 2 is 2.00 bits per heavy atom. The van der Waals surface area contributed by atoms with Crippen molar-refractivity contribution in [1.29, 1.82) is 0 Å². The van der Waals surface area contributed by atoms with Crippen LogP contribution < -0.4 is 15.4 Å². The van der Waals surface area contributed by atoms with E-state index < -0.39 is 0 Å². The molecule has 1 aromatic carbocycles. The van der Waals surface area contributed by atoms with Crippen LogP contribution in [0.2, 0.25) is 0 Å². The van der Waals surface area contributed by atoms with Gasteiger partial charge in [-0.05, 0) is 35.7 Å². The molecule has 5 heteroatoms. The van der Waals surface area contributed by atoms with Gasteiger partial charge < -0.3 is 20.1 Å². The standard InChI is InChI=1S/C17H21N3O2/c1-21-15-5-2-13(3-6-15)10-14-4-7-17(19-11-14)20-8-9-22-16(18)12-20/h2-7,11,16H,8-10,12,18H2,1H3. The first-order valence-electron chi connectivity index (χ1n) is 7.44. The van der Waals surface area contributed by atoms with Gasteiger partial charge in [0.15, 0.2) is 0 Å². The van der Waals surface area contributed by atoms with E-state index in [1.165, 1.54) is 11.1 Å². The number of hydrogen-bond acceptors (Lipinski definition) is 5. The molecule has 1 aliphatic rings. The van der Waals surface area contributed by atoms with Crippen molar-refractivity contribution in [2.45, 2.75) is 12.6 Å². The van der Waals surface area contributed by atoms with Crippen LogP contribution in [-0.4, -0.2) is 38.0 Å². The molecule has 22 heavy (non-hydrogen) atoms. The van der Waals surface area contributed by atoms with Gasteiger partial charge in [0.2, 0.25) is 0 Å². The Morgan fingerprint density at radius 1 is 1.23 bits per heavy atom. The predicted octanol–water partition coefficient (Wildman–Crippen LogP) is 1.80. The molecule has 1 unspecified atom stereocenters. The summed E-state index contributed by atoms with van der Waals surface area (Å²) >= 11 is 0. The molecular formula is C17H21N3O2. The van der Waals surface area contributed by atoms with Crippen LogP contribution >= 0.6 is 0 Å². The van der Waals surface area contributed by atoms with Gasteiger partial charge in [-0.25, -0.2) is 4.98 Å². The summed E-state index contributed by atoms with van der Waals surface area (Å²) in [6, 6.07) is 12.3. The zero-order chi connectivity index (χ0) is 15.4. The van der Waals surface area contributed by atoms with Gasteiger partial charge in [-0.1, -0.05) is 18.2 Å². The summed E-state index contributed by atoms with van der Waals surface area (Å²) in [5, 5.41) is 0. The van der Waals surface area contributed by atoms with Gasteiger partial charge in [-0.3, -0.25) is 0 Å². The third-order valence-electron chi connectivity index (χ3n) is 3.79. The number of anilines is 1. The zero-order valence-electron chi connectivity index (χ0n) is 12.7. The number of nitrogens with two attached hydrogens (primary N) is 1. The van der Waals surface area contributed by atoms with Crippen LogP contribution in [0, 0.1) is 0 Å². The molecule has 0 saturated carbocycles. The van der Waals surface area contributed by atoms with E-state index in [1.807, 2.05) is 18.3 Å². The number of ether oxygens (including phenoxy) is 2. The maximum Gasteiger partial charge on any atom is 0.128 e. The van der Waals surface area contributed by atoms with Crippen LogP contribution in [-0.2, 0) is 11.2 Å². The van der Waals surface area contributed by atoms with Crippen LogP contribution in [0.1, 0.15) is 11.1 Å². The van der Waals surface area contributed by atoms with Gasteiger partial charge in [0.05, 0.1) is 20.3 Å². The van der Waals surface area contributed by atoms with Gasteiger partial charge in [-0.15, -0.1) is 0 Å². The lowest BCUT2D eigenvalue weighted by molar-refractivity contribution is 0.0449. The van der Waals surface area contributed by atoms with E-state index in [0.29, 0.717) is 13.2 Å². The minimum atomic E-state index is -0.227. The highest BCUT2D eigenvalue weighted by Crippen LogP contribution is 2.17. The molecule has 2 heterocycles. The number of hydrogen-bond donors (Lipinski definition) is 1. The molecule has 2 aromatic rings. The lowest BCUT2D eigenvalue weighted by atomic mass is 10.1. The lowest BCUT2D eigenvalue weighted by Crippen LogP contribution is -2.47. The Morgan fingerprint density at radius 3 is 2.64 bits per heavy atom. The number of rotatable bonds is 4. The summed E-state index contributed by atoms with van der Waals surface area (Å²) in [5.74, 6) is 1.83. The van der Waals surface area contributed by atoms with Gasteiger partial charge in [0, 0.05) is 12.7 Å². The maximum atomic E-state index is 5.82. The summed E-state index contributed by atoms with van der Waals surface area (Å²) in [7, 11) is 1.68. The lowest BCUT2D eigenvalue weighted by Gasteiger charge is -2.31. The van der Waals surface area contributed by atoms with E-state index >= 15 is 0 Å². The SMILES string of the molecule is COc1ccc(Cc2ccc(N3CCOC(N)C3)nc2)cc1.